The molecule has 6 heteroatoms. The average molecular weight is 667 g/mol. The van der Waals surface area contributed by atoms with Gasteiger partial charge in [0.1, 0.15) is 24.0 Å². The van der Waals surface area contributed by atoms with Crippen molar-refractivity contribution in [1.29, 1.82) is 0 Å². The lowest BCUT2D eigenvalue weighted by atomic mass is 9.77. The number of fused-ring (bicyclic) bond motifs is 5. The van der Waals surface area contributed by atoms with Gasteiger partial charge in [-0.2, -0.15) is 0 Å². The molecule has 0 bridgehead atoms. The Kier molecular flexibility index (Phi) is 7.65. The Morgan fingerprint density at radius 2 is 1.65 bits per heavy atom. The van der Waals surface area contributed by atoms with E-state index in [9.17, 15) is 0 Å². The van der Waals surface area contributed by atoms with Gasteiger partial charge in [0, 0.05) is 47.2 Å². The molecule has 0 saturated heterocycles. The van der Waals surface area contributed by atoms with E-state index in [1.807, 2.05) is 6.07 Å². The Morgan fingerprint density at radius 1 is 0.804 bits per heavy atom. The number of amidine groups is 1. The molecule has 4 aromatic rings. The summed E-state index contributed by atoms with van der Waals surface area (Å²) in [5, 5.41) is 13.8. The normalized spacial score (nSPS) is 27.5. The molecule has 3 aromatic carbocycles. The minimum absolute atomic E-state index is 0.0571. The van der Waals surface area contributed by atoms with E-state index >= 15 is 0 Å². The van der Waals surface area contributed by atoms with E-state index in [0.29, 0.717) is 17.9 Å². The molecular weight excluding hydrogens is 625 g/mol. The van der Waals surface area contributed by atoms with Crippen molar-refractivity contribution in [1.82, 2.24) is 25.5 Å². The van der Waals surface area contributed by atoms with E-state index in [0.717, 1.165) is 54.8 Å². The maximum absolute atomic E-state index is 5.37. The first-order valence-corrected chi connectivity index (χ1v) is 18.6. The molecule has 3 aliphatic heterocycles. The molecule has 3 aliphatic carbocycles. The molecule has 10 rings (SSSR count). The van der Waals surface area contributed by atoms with Gasteiger partial charge < -0.3 is 10.6 Å². The highest BCUT2D eigenvalue weighted by Gasteiger charge is 2.39. The van der Waals surface area contributed by atoms with Gasteiger partial charge in [0.05, 0.1) is 10.7 Å². The predicted octanol–water partition coefficient (Wildman–Crippen LogP) is 6.65. The van der Waals surface area contributed by atoms with Crippen LogP contribution in [-0.4, -0.2) is 28.0 Å². The molecule has 6 unspecified atom stereocenters. The van der Waals surface area contributed by atoms with Gasteiger partial charge in [-0.1, -0.05) is 134 Å². The lowest BCUT2D eigenvalue weighted by Gasteiger charge is -2.36. The third kappa shape index (κ3) is 5.41. The number of allylic oxidation sites excluding steroid dienone is 7. The molecule has 0 radical (unpaired) electrons. The van der Waals surface area contributed by atoms with Crippen molar-refractivity contribution in [3.8, 4) is 0 Å². The van der Waals surface area contributed by atoms with E-state index in [1.54, 1.807) is 5.57 Å². The number of aliphatic imine (C=N–C) groups is 1. The minimum Gasteiger partial charge on any atom is -0.350 e. The summed E-state index contributed by atoms with van der Waals surface area (Å²) < 4.78 is 2.54. The number of nitrogens with one attached hydrogen (secondary N) is 3. The van der Waals surface area contributed by atoms with E-state index in [2.05, 4.69) is 154 Å². The molecular formula is C45H42N6. The van der Waals surface area contributed by atoms with Crippen LogP contribution in [0.2, 0.25) is 0 Å². The number of aromatic nitrogens is 2. The van der Waals surface area contributed by atoms with Crippen LogP contribution in [0, 0.1) is 11.8 Å². The van der Waals surface area contributed by atoms with E-state index in [-0.39, 0.29) is 18.2 Å². The Hall–Kier alpha value is -5.30. The van der Waals surface area contributed by atoms with Gasteiger partial charge in [0.2, 0.25) is 0 Å². The van der Waals surface area contributed by atoms with Gasteiger partial charge in [-0.15, -0.1) is 0 Å². The second-order valence-electron chi connectivity index (χ2n) is 14.5. The molecule has 3 N–H and O–H groups in total. The van der Waals surface area contributed by atoms with Crippen LogP contribution in [-0.2, 0) is 0 Å². The largest absolute Gasteiger partial charge is 0.350 e. The summed E-state index contributed by atoms with van der Waals surface area (Å²) in [5.74, 6) is 3.10. The first-order chi connectivity index (χ1) is 25.3. The summed E-state index contributed by atoms with van der Waals surface area (Å²) in [7, 11) is 0. The Balaban J connectivity index is 0.974. The third-order valence-corrected chi connectivity index (χ3v) is 11.5. The number of benzene rings is 3. The monoisotopic (exact) mass is 666 g/mol. The van der Waals surface area contributed by atoms with Crippen LogP contribution in [0.3, 0.4) is 0 Å². The molecule has 0 saturated carbocycles. The number of hydrogen-bond donors (Lipinski definition) is 3. The molecule has 0 spiro atoms. The maximum Gasteiger partial charge on any atom is 0.145 e. The zero-order valence-corrected chi connectivity index (χ0v) is 28.6. The molecule has 6 nitrogen and oxygen atoms in total. The highest BCUT2D eigenvalue weighted by Crippen LogP contribution is 2.40. The third-order valence-electron chi connectivity index (χ3n) is 11.5. The molecule has 6 atom stereocenters. The highest BCUT2D eigenvalue weighted by molar-refractivity contribution is 5.99. The minimum atomic E-state index is -0.181. The summed E-state index contributed by atoms with van der Waals surface area (Å²) in [4.78, 5) is 10.6. The smallest absolute Gasteiger partial charge is 0.145 e. The van der Waals surface area contributed by atoms with Crippen molar-refractivity contribution in [2.75, 3.05) is 6.54 Å². The number of hydrogen-bond acceptors (Lipinski definition) is 5. The average Bonchev–Trinajstić information content (AvgIpc) is 3.56. The fraction of sp³-hybridized carbons (Fsp3) is 0.244. The highest BCUT2D eigenvalue weighted by atomic mass is 15.3. The van der Waals surface area contributed by atoms with Gasteiger partial charge >= 0.3 is 0 Å². The number of imidazole rings is 1. The lowest BCUT2D eigenvalue weighted by molar-refractivity contribution is 0.373. The Morgan fingerprint density at radius 3 is 2.51 bits per heavy atom. The standard InChI is InChI=1S/C45H42N6/c1-3-12-30(13-4-1)42-48-43(31-14-5-2-6-15-31)50-44(49-42)34-17-9-16-33(28-34)29-23-25-32(26-24-29)45-47-38-21-10-19-36-35-20-11-27-46-40(35)37-18-7-8-22-39(37)51(45)41(36)38/h1-9,11-17,20-23,25-26,28-29,35,37,40,42,44,46,49H,10,18-19,24,27H2,(H,48,50). The van der Waals surface area contributed by atoms with Crippen LogP contribution < -0.4 is 26.6 Å². The first-order valence-electron chi connectivity index (χ1n) is 18.6. The zero-order chi connectivity index (χ0) is 33.7. The maximum atomic E-state index is 5.37. The zero-order valence-electron chi connectivity index (χ0n) is 28.6. The van der Waals surface area contributed by atoms with Gasteiger partial charge in [0.25, 0.3) is 0 Å². The Labute approximate surface area is 299 Å². The summed E-state index contributed by atoms with van der Waals surface area (Å²) in [6, 6.07) is 30.4. The molecule has 4 heterocycles. The fourth-order valence-corrected chi connectivity index (χ4v) is 9.02. The molecule has 0 fully saturated rings. The van der Waals surface area contributed by atoms with Crippen LogP contribution in [0.4, 0.5) is 0 Å². The molecule has 252 valence electrons. The van der Waals surface area contributed by atoms with E-state index < -0.39 is 0 Å². The van der Waals surface area contributed by atoms with Gasteiger partial charge in [-0.05, 0) is 54.0 Å². The Bertz CT molecular complexity index is 2300. The molecule has 1 aromatic heterocycles. The van der Waals surface area contributed by atoms with E-state index in [1.165, 1.54) is 33.3 Å². The quantitative estimate of drug-likeness (QED) is 0.209. The SMILES string of the molecule is C1=CCC2C(=C1)n1c(C3=CCC(c4cccc(C5N=C(c6ccccc6)NC(c6ccccc6)N5)c4)C=C3)nc3c1=C(CCC=3)C1C=CCNC12. The van der Waals surface area contributed by atoms with Crippen LogP contribution in [0.5, 0.6) is 0 Å². The van der Waals surface area contributed by atoms with Crippen molar-refractivity contribution in [3.05, 3.63) is 172 Å². The number of nitrogens with zero attached hydrogens (tertiary/aromatic N) is 3. The fourth-order valence-electron chi connectivity index (χ4n) is 9.02. The van der Waals surface area contributed by atoms with Gasteiger partial charge in [-0.3, -0.25) is 9.88 Å². The van der Waals surface area contributed by atoms with Crippen LogP contribution in [0.15, 0.2) is 139 Å². The summed E-state index contributed by atoms with van der Waals surface area (Å²) in [6.07, 6.45) is 25.1. The molecule has 0 amide bonds. The topological polar surface area (TPSA) is 66.3 Å². The first kappa shape index (κ1) is 30.5. The van der Waals surface area contributed by atoms with E-state index in [4.69, 9.17) is 9.98 Å². The lowest BCUT2D eigenvalue weighted by Crippen LogP contribution is -2.45. The van der Waals surface area contributed by atoms with Crippen LogP contribution in [0.1, 0.15) is 72.0 Å². The number of rotatable bonds is 5. The molecule has 6 aliphatic rings. The summed E-state index contributed by atoms with van der Waals surface area (Å²) in [6.45, 7) is 0.944. The van der Waals surface area contributed by atoms with Crippen molar-refractivity contribution >= 4 is 28.8 Å². The van der Waals surface area contributed by atoms with Crippen LogP contribution in [0.25, 0.3) is 22.9 Å². The predicted molar refractivity (Wildman–Crippen MR) is 207 cm³/mol. The van der Waals surface area contributed by atoms with Crippen molar-refractivity contribution < 1.29 is 0 Å². The summed E-state index contributed by atoms with van der Waals surface area (Å²) >= 11 is 0. The second-order valence-corrected chi connectivity index (χ2v) is 14.5. The van der Waals surface area contributed by atoms with Gasteiger partial charge in [-0.25, -0.2) is 9.98 Å². The second kappa shape index (κ2) is 12.8. The van der Waals surface area contributed by atoms with Crippen molar-refractivity contribution in [2.45, 2.75) is 50.0 Å². The van der Waals surface area contributed by atoms with Gasteiger partial charge in [0.15, 0.2) is 0 Å². The molecule has 51 heavy (non-hydrogen) atoms. The van der Waals surface area contributed by atoms with Crippen molar-refractivity contribution in [3.63, 3.8) is 0 Å². The summed E-state index contributed by atoms with van der Waals surface area (Å²) in [5.41, 5.74) is 8.89. The van der Waals surface area contributed by atoms with Crippen LogP contribution >= 0.6 is 0 Å². The van der Waals surface area contributed by atoms with Crippen molar-refractivity contribution in [2.24, 2.45) is 16.8 Å².